The van der Waals surface area contributed by atoms with Crippen LogP contribution in [0, 0.1) is 0 Å². The SMILES string of the molecule is Nc1ccc(NCCc2ccc(Cl)cc2)c2cccnc12. The molecule has 0 amide bonds. The van der Waals surface area contributed by atoms with Crippen molar-refractivity contribution in [1.29, 1.82) is 0 Å². The molecule has 0 saturated carbocycles. The molecule has 0 fully saturated rings. The molecular formula is C17H16ClN3. The van der Waals surface area contributed by atoms with E-state index in [4.69, 9.17) is 17.3 Å². The van der Waals surface area contributed by atoms with Gasteiger partial charge in [-0.25, -0.2) is 0 Å². The molecule has 3 aromatic rings. The molecule has 106 valence electrons. The first-order valence-electron chi connectivity index (χ1n) is 6.85. The van der Waals surface area contributed by atoms with Crippen molar-refractivity contribution in [2.75, 3.05) is 17.6 Å². The van der Waals surface area contributed by atoms with Crippen LogP contribution < -0.4 is 11.1 Å². The van der Waals surface area contributed by atoms with Crippen LogP contribution in [0.25, 0.3) is 10.9 Å². The third-order valence-electron chi connectivity index (χ3n) is 3.44. The smallest absolute Gasteiger partial charge is 0.0951 e. The second kappa shape index (κ2) is 6.02. The van der Waals surface area contributed by atoms with Gasteiger partial charge in [-0.2, -0.15) is 0 Å². The van der Waals surface area contributed by atoms with E-state index in [1.807, 2.05) is 48.5 Å². The minimum atomic E-state index is 0.703. The minimum Gasteiger partial charge on any atom is -0.397 e. The van der Waals surface area contributed by atoms with Crippen LogP contribution in [0.1, 0.15) is 5.56 Å². The lowest BCUT2D eigenvalue weighted by molar-refractivity contribution is 1.02. The lowest BCUT2D eigenvalue weighted by Crippen LogP contribution is -2.05. The molecule has 0 unspecified atom stereocenters. The van der Waals surface area contributed by atoms with Crippen molar-refractivity contribution in [2.45, 2.75) is 6.42 Å². The number of nitrogens with zero attached hydrogens (tertiary/aromatic N) is 1. The summed E-state index contributed by atoms with van der Waals surface area (Å²) in [6, 6.07) is 15.8. The first-order chi connectivity index (χ1) is 10.2. The maximum absolute atomic E-state index is 5.96. The van der Waals surface area contributed by atoms with Crippen molar-refractivity contribution >= 4 is 33.9 Å². The van der Waals surface area contributed by atoms with Gasteiger partial charge in [0.25, 0.3) is 0 Å². The summed E-state index contributed by atoms with van der Waals surface area (Å²) >= 11 is 5.89. The third kappa shape index (κ3) is 3.09. The Labute approximate surface area is 128 Å². The van der Waals surface area contributed by atoms with Crippen LogP contribution >= 0.6 is 11.6 Å². The van der Waals surface area contributed by atoms with Gasteiger partial charge in [0.1, 0.15) is 0 Å². The largest absolute Gasteiger partial charge is 0.397 e. The molecule has 0 atom stereocenters. The Balaban J connectivity index is 1.74. The Morgan fingerprint density at radius 3 is 2.67 bits per heavy atom. The molecule has 3 nitrogen and oxygen atoms in total. The second-order valence-corrected chi connectivity index (χ2v) is 5.34. The molecule has 0 aliphatic rings. The number of rotatable bonds is 4. The predicted molar refractivity (Wildman–Crippen MR) is 89.8 cm³/mol. The van der Waals surface area contributed by atoms with Gasteiger partial charge in [-0.1, -0.05) is 23.7 Å². The van der Waals surface area contributed by atoms with Crippen molar-refractivity contribution < 1.29 is 0 Å². The predicted octanol–water partition coefficient (Wildman–Crippen LogP) is 4.13. The van der Waals surface area contributed by atoms with Crippen LogP contribution in [0.5, 0.6) is 0 Å². The number of pyridine rings is 1. The number of benzene rings is 2. The van der Waals surface area contributed by atoms with Gasteiger partial charge in [0.15, 0.2) is 0 Å². The van der Waals surface area contributed by atoms with Gasteiger partial charge in [-0.15, -0.1) is 0 Å². The summed E-state index contributed by atoms with van der Waals surface area (Å²) in [7, 11) is 0. The molecule has 4 heteroatoms. The Hall–Kier alpha value is -2.26. The average molecular weight is 298 g/mol. The minimum absolute atomic E-state index is 0.703. The number of halogens is 1. The van der Waals surface area contributed by atoms with Crippen molar-refractivity contribution in [3.05, 3.63) is 65.3 Å². The van der Waals surface area contributed by atoms with E-state index in [1.165, 1.54) is 5.56 Å². The zero-order valence-electron chi connectivity index (χ0n) is 11.5. The van der Waals surface area contributed by atoms with E-state index in [2.05, 4.69) is 10.3 Å². The van der Waals surface area contributed by atoms with Crippen LogP contribution in [0.2, 0.25) is 5.02 Å². The third-order valence-corrected chi connectivity index (χ3v) is 3.70. The molecule has 0 saturated heterocycles. The Morgan fingerprint density at radius 2 is 1.86 bits per heavy atom. The van der Waals surface area contributed by atoms with E-state index < -0.39 is 0 Å². The van der Waals surface area contributed by atoms with Crippen LogP contribution in [0.4, 0.5) is 11.4 Å². The number of hydrogen-bond donors (Lipinski definition) is 2. The van der Waals surface area contributed by atoms with Gasteiger partial charge in [0.05, 0.1) is 11.2 Å². The molecule has 2 aromatic carbocycles. The number of anilines is 2. The van der Waals surface area contributed by atoms with Crippen molar-refractivity contribution in [3.63, 3.8) is 0 Å². The quantitative estimate of drug-likeness (QED) is 0.712. The van der Waals surface area contributed by atoms with Crippen LogP contribution in [0.3, 0.4) is 0 Å². The van der Waals surface area contributed by atoms with Gasteiger partial charge in [0, 0.05) is 28.8 Å². The fourth-order valence-electron chi connectivity index (χ4n) is 2.34. The molecule has 1 heterocycles. The highest BCUT2D eigenvalue weighted by Crippen LogP contribution is 2.26. The monoisotopic (exact) mass is 297 g/mol. The van der Waals surface area contributed by atoms with Crippen LogP contribution in [-0.4, -0.2) is 11.5 Å². The molecule has 3 rings (SSSR count). The number of nitrogen functional groups attached to an aromatic ring is 1. The number of fused-ring (bicyclic) bond motifs is 1. The summed E-state index contributed by atoms with van der Waals surface area (Å²) in [6.07, 6.45) is 2.69. The molecule has 0 spiro atoms. The summed E-state index contributed by atoms with van der Waals surface area (Å²) < 4.78 is 0. The molecule has 21 heavy (non-hydrogen) atoms. The Kier molecular flexibility index (Phi) is 3.93. The number of nitrogens with one attached hydrogen (secondary N) is 1. The molecule has 0 aliphatic carbocycles. The first kappa shape index (κ1) is 13.7. The van der Waals surface area contributed by atoms with Crippen LogP contribution in [0.15, 0.2) is 54.7 Å². The van der Waals surface area contributed by atoms with Gasteiger partial charge < -0.3 is 11.1 Å². The highest BCUT2D eigenvalue weighted by molar-refractivity contribution is 6.30. The van der Waals surface area contributed by atoms with E-state index in [0.717, 1.165) is 34.6 Å². The van der Waals surface area contributed by atoms with Gasteiger partial charge in [0.2, 0.25) is 0 Å². The zero-order chi connectivity index (χ0) is 14.7. The molecular weight excluding hydrogens is 282 g/mol. The van der Waals surface area contributed by atoms with Crippen molar-refractivity contribution in [1.82, 2.24) is 4.98 Å². The van der Waals surface area contributed by atoms with E-state index in [9.17, 15) is 0 Å². The molecule has 0 aliphatic heterocycles. The number of nitrogens with two attached hydrogens (primary N) is 1. The zero-order valence-corrected chi connectivity index (χ0v) is 12.3. The topological polar surface area (TPSA) is 50.9 Å². The highest BCUT2D eigenvalue weighted by Gasteiger charge is 2.04. The summed E-state index contributed by atoms with van der Waals surface area (Å²) in [5.74, 6) is 0. The summed E-state index contributed by atoms with van der Waals surface area (Å²) in [4.78, 5) is 4.34. The van der Waals surface area contributed by atoms with Gasteiger partial charge in [-0.3, -0.25) is 4.98 Å². The lowest BCUT2D eigenvalue weighted by atomic mass is 10.1. The van der Waals surface area contributed by atoms with Crippen LogP contribution in [-0.2, 0) is 6.42 Å². The lowest BCUT2D eigenvalue weighted by Gasteiger charge is -2.11. The van der Waals surface area contributed by atoms with Gasteiger partial charge in [-0.05, 0) is 48.4 Å². The average Bonchev–Trinajstić information content (AvgIpc) is 2.52. The van der Waals surface area contributed by atoms with E-state index in [-0.39, 0.29) is 0 Å². The molecule has 3 N–H and O–H groups in total. The standard InChI is InChI=1S/C17H16ClN3/c18-13-5-3-12(4-6-13)9-11-20-16-8-7-15(19)17-14(16)2-1-10-21-17/h1-8,10,20H,9,11,19H2. The maximum Gasteiger partial charge on any atom is 0.0951 e. The number of hydrogen-bond acceptors (Lipinski definition) is 3. The molecule has 0 radical (unpaired) electrons. The highest BCUT2D eigenvalue weighted by atomic mass is 35.5. The second-order valence-electron chi connectivity index (χ2n) is 4.91. The fraction of sp³-hybridized carbons (Fsp3) is 0.118. The number of aromatic nitrogens is 1. The Bertz CT molecular complexity index is 754. The Morgan fingerprint density at radius 1 is 1.05 bits per heavy atom. The van der Waals surface area contributed by atoms with Gasteiger partial charge >= 0.3 is 0 Å². The van der Waals surface area contributed by atoms with E-state index in [0.29, 0.717) is 5.69 Å². The molecule has 0 bridgehead atoms. The van der Waals surface area contributed by atoms with E-state index in [1.54, 1.807) is 6.20 Å². The van der Waals surface area contributed by atoms with Crippen molar-refractivity contribution in [2.24, 2.45) is 0 Å². The fourth-order valence-corrected chi connectivity index (χ4v) is 2.47. The summed E-state index contributed by atoms with van der Waals surface area (Å²) in [5.41, 5.74) is 9.81. The molecule has 1 aromatic heterocycles. The maximum atomic E-state index is 5.96. The van der Waals surface area contributed by atoms with Crippen molar-refractivity contribution in [3.8, 4) is 0 Å². The first-order valence-corrected chi connectivity index (χ1v) is 7.23. The summed E-state index contributed by atoms with van der Waals surface area (Å²) in [6.45, 7) is 0.843. The summed E-state index contributed by atoms with van der Waals surface area (Å²) in [5, 5.41) is 5.27. The van der Waals surface area contributed by atoms with E-state index >= 15 is 0 Å². The normalized spacial score (nSPS) is 10.7.